The first-order valence-electron chi connectivity index (χ1n) is 7.19. The number of nitrogens with zero attached hydrogens (tertiary/aromatic N) is 2. The van der Waals surface area contributed by atoms with E-state index in [-0.39, 0.29) is 30.3 Å². The van der Waals surface area contributed by atoms with Crippen LogP contribution in [-0.4, -0.2) is 33.4 Å². The quantitative estimate of drug-likeness (QED) is 0.890. The number of aliphatic hydroxyl groups is 1. The number of aromatic nitrogens is 2. The lowest BCUT2D eigenvalue weighted by Gasteiger charge is -2.14. The van der Waals surface area contributed by atoms with E-state index in [1.54, 1.807) is 23.7 Å². The summed E-state index contributed by atoms with van der Waals surface area (Å²) < 4.78 is 14.7. The highest BCUT2D eigenvalue weighted by Crippen LogP contribution is 2.23. The molecular formula is C16H20FN3O2. The molecule has 2 rings (SSSR count). The van der Waals surface area contributed by atoms with Gasteiger partial charge in [-0.25, -0.2) is 9.07 Å². The lowest BCUT2D eigenvalue weighted by Crippen LogP contribution is -2.35. The van der Waals surface area contributed by atoms with Crippen molar-refractivity contribution in [2.45, 2.75) is 32.7 Å². The fraction of sp³-hybridized carbons (Fsp3) is 0.375. The highest BCUT2D eigenvalue weighted by atomic mass is 19.1. The predicted octanol–water partition coefficient (Wildman–Crippen LogP) is 2.25. The number of carbonyl (C=O) groups excluding carboxylic acids is 1. The first-order chi connectivity index (χ1) is 10.4. The third-order valence-electron chi connectivity index (χ3n) is 3.32. The van der Waals surface area contributed by atoms with Crippen LogP contribution in [0.25, 0.3) is 5.69 Å². The van der Waals surface area contributed by atoms with Crippen LogP contribution in [-0.2, 0) is 0 Å². The summed E-state index contributed by atoms with van der Waals surface area (Å²) in [7, 11) is 0. The minimum Gasteiger partial charge on any atom is -0.394 e. The normalized spacial score (nSPS) is 12.5. The number of rotatable bonds is 5. The summed E-state index contributed by atoms with van der Waals surface area (Å²) in [5.41, 5.74) is 1.90. The molecule has 1 aromatic carbocycles. The van der Waals surface area contributed by atoms with E-state index >= 15 is 0 Å². The van der Waals surface area contributed by atoms with Crippen molar-refractivity contribution in [2.24, 2.45) is 0 Å². The second-order valence-electron chi connectivity index (χ2n) is 5.54. The van der Waals surface area contributed by atoms with Crippen molar-refractivity contribution in [1.82, 2.24) is 15.1 Å². The van der Waals surface area contributed by atoms with Gasteiger partial charge in [0.25, 0.3) is 5.91 Å². The van der Waals surface area contributed by atoms with Crippen LogP contribution in [0.4, 0.5) is 4.39 Å². The summed E-state index contributed by atoms with van der Waals surface area (Å²) in [6.45, 7) is 5.51. The molecule has 5 nitrogen and oxygen atoms in total. The Kier molecular flexibility index (Phi) is 4.92. The van der Waals surface area contributed by atoms with Crippen molar-refractivity contribution in [3.63, 3.8) is 0 Å². The van der Waals surface area contributed by atoms with Gasteiger partial charge in [0.2, 0.25) is 0 Å². The number of hydrogen-bond acceptors (Lipinski definition) is 3. The van der Waals surface area contributed by atoms with Crippen molar-refractivity contribution >= 4 is 5.91 Å². The average molecular weight is 305 g/mol. The fourth-order valence-electron chi connectivity index (χ4n) is 2.22. The van der Waals surface area contributed by atoms with E-state index in [1.807, 2.05) is 13.8 Å². The topological polar surface area (TPSA) is 67.2 Å². The molecule has 0 aliphatic carbocycles. The number of aliphatic hydroxyl groups excluding tert-OH is 1. The maximum absolute atomic E-state index is 13.1. The molecule has 0 spiro atoms. The highest BCUT2D eigenvalue weighted by Gasteiger charge is 2.21. The van der Waals surface area contributed by atoms with Gasteiger partial charge in [0.05, 0.1) is 29.7 Å². The molecule has 1 aromatic heterocycles. The van der Waals surface area contributed by atoms with E-state index in [4.69, 9.17) is 5.11 Å². The van der Waals surface area contributed by atoms with Gasteiger partial charge >= 0.3 is 0 Å². The Balaban J connectivity index is 2.41. The largest absolute Gasteiger partial charge is 0.394 e. The molecule has 2 N–H and O–H groups in total. The van der Waals surface area contributed by atoms with Crippen LogP contribution >= 0.6 is 0 Å². The SMILES string of the molecule is CC(CO)NC(=O)c1cnn(-c2ccc(F)cc2)c1C(C)C. The maximum Gasteiger partial charge on any atom is 0.255 e. The number of halogens is 1. The van der Waals surface area contributed by atoms with Crippen molar-refractivity contribution < 1.29 is 14.3 Å². The van der Waals surface area contributed by atoms with E-state index in [2.05, 4.69) is 10.4 Å². The van der Waals surface area contributed by atoms with Crippen molar-refractivity contribution in [3.8, 4) is 5.69 Å². The molecule has 118 valence electrons. The Morgan fingerprint density at radius 3 is 2.50 bits per heavy atom. The molecule has 0 saturated carbocycles. The summed E-state index contributed by atoms with van der Waals surface area (Å²) in [6.07, 6.45) is 1.50. The fourth-order valence-corrected chi connectivity index (χ4v) is 2.22. The molecule has 0 radical (unpaired) electrons. The van der Waals surface area contributed by atoms with Gasteiger partial charge in [-0.2, -0.15) is 5.10 Å². The van der Waals surface area contributed by atoms with Crippen molar-refractivity contribution in [1.29, 1.82) is 0 Å². The standard InChI is InChI=1S/C16H20FN3O2/c1-10(2)15-14(16(22)19-11(3)9-21)8-18-20(15)13-6-4-12(17)5-7-13/h4-8,10-11,21H,9H2,1-3H3,(H,19,22). The molecule has 0 aliphatic heterocycles. The van der Waals surface area contributed by atoms with Gasteiger partial charge in [-0.05, 0) is 37.1 Å². The Bertz CT molecular complexity index is 650. The Hall–Kier alpha value is -2.21. The Morgan fingerprint density at radius 1 is 1.32 bits per heavy atom. The van der Waals surface area contributed by atoms with Crippen LogP contribution in [0.1, 0.15) is 42.7 Å². The van der Waals surface area contributed by atoms with Crippen LogP contribution < -0.4 is 5.32 Å². The summed E-state index contributed by atoms with van der Waals surface area (Å²) >= 11 is 0. The zero-order chi connectivity index (χ0) is 16.3. The number of nitrogens with one attached hydrogen (secondary N) is 1. The molecule has 22 heavy (non-hydrogen) atoms. The summed E-state index contributed by atoms with van der Waals surface area (Å²) in [4.78, 5) is 12.3. The maximum atomic E-state index is 13.1. The highest BCUT2D eigenvalue weighted by molar-refractivity contribution is 5.95. The third-order valence-corrected chi connectivity index (χ3v) is 3.32. The van der Waals surface area contributed by atoms with E-state index in [0.29, 0.717) is 11.3 Å². The number of benzene rings is 1. The predicted molar refractivity (Wildman–Crippen MR) is 81.6 cm³/mol. The zero-order valence-corrected chi connectivity index (χ0v) is 12.9. The lowest BCUT2D eigenvalue weighted by atomic mass is 10.0. The van der Waals surface area contributed by atoms with Crippen LogP contribution in [0.5, 0.6) is 0 Å². The third kappa shape index (κ3) is 3.33. The molecule has 0 bridgehead atoms. The molecular weight excluding hydrogens is 285 g/mol. The number of amides is 1. The Morgan fingerprint density at radius 2 is 1.95 bits per heavy atom. The molecule has 2 aromatic rings. The molecule has 0 saturated heterocycles. The second kappa shape index (κ2) is 6.70. The summed E-state index contributed by atoms with van der Waals surface area (Å²) in [5.74, 6) is -0.548. The minimum atomic E-state index is -0.332. The first-order valence-corrected chi connectivity index (χ1v) is 7.19. The number of carbonyl (C=O) groups is 1. The Labute approximate surface area is 128 Å². The van der Waals surface area contributed by atoms with Crippen molar-refractivity contribution in [3.05, 3.63) is 47.5 Å². The van der Waals surface area contributed by atoms with Gasteiger partial charge in [-0.3, -0.25) is 4.79 Å². The zero-order valence-electron chi connectivity index (χ0n) is 12.9. The van der Waals surface area contributed by atoms with Crippen LogP contribution in [0.2, 0.25) is 0 Å². The molecule has 1 atom stereocenters. The minimum absolute atomic E-state index is 0.0535. The second-order valence-corrected chi connectivity index (χ2v) is 5.54. The van der Waals surface area contributed by atoms with E-state index in [9.17, 15) is 9.18 Å². The molecule has 1 heterocycles. The van der Waals surface area contributed by atoms with Gasteiger partial charge in [0, 0.05) is 6.04 Å². The van der Waals surface area contributed by atoms with E-state index in [0.717, 1.165) is 5.69 Å². The van der Waals surface area contributed by atoms with Gasteiger partial charge in [0.15, 0.2) is 0 Å². The van der Waals surface area contributed by atoms with Crippen LogP contribution in [0.15, 0.2) is 30.5 Å². The molecule has 1 unspecified atom stereocenters. The first kappa shape index (κ1) is 16.2. The lowest BCUT2D eigenvalue weighted by molar-refractivity contribution is 0.0921. The summed E-state index contributed by atoms with van der Waals surface area (Å²) in [5, 5.41) is 16.0. The van der Waals surface area contributed by atoms with Crippen LogP contribution in [0, 0.1) is 5.82 Å². The van der Waals surface area contributed by atoms with Crippen molar-refractivity contribution in [2.75, 3.05) is 6.61 Å². The van der Waals surface area contributed by atoms with E-state index < -0.39 is 0 Å². The summed E-state index contributed by atoms with van der Waals surface area (Å²) in [6, 6.07) is 5.61. The monoisotopic (exact) mass is 305 g/mol. The molecule has 1 amide bonds. The molecule has 0 fully saturated rings. The van der Waals surface area contributed by atoms with Gasteiger partial charge < -0.3 is 10.4 Å². The number of hydrogen-bond donors (Lipinski definition) is 2. The molecule has 0 aliphatic rings. The van der Waals surface area contributed by atoms with Gasteiger partial charge in [-0.1, -0.05) is 13.8 Å². The molecule has 6 heteroatoms. The average Bonchev–Trinajstić information content (AvgIpc) is 2.93. The van der Waals surface area contributed by atoms with Gasteiger partial charge in [-0.15, -0.1) is 0 Å². The van der Waals surface area contributed by atoms with Gasteiger partial charge in [0.1, 0.15) is 5.82 Å². The van der Waals surface area contributed by atoms with Crippen LogP contribution in [0.3, 0.4) is 0 Å². The smallest absolute Gasteiger partial charge is 0.255 e. The van der Waals surface area contributed by atoms with E-state index in [1.165, 1.54) is 18.3 Å².